The molecule has 2 unspecified atom stereocenters. The summed E-state index contributed by atoms with van der Waals surface area (Å²) in [5.74, 6) is 0.196. The fourth-order valence-corrected chi connectivity index (χ4v) is 1.51. The normalized spacial score (nSPS) is 24.5. The number of nitrogens with two attached hydrogens (primary N) is 1. The van der Waals surface area contributed by atoms with Crippen LogP contribution in [-0.2, 0) is 9.53 Å². The molecule has 0 aromatic rings. The van der Waals surface area contributed by atoms with Crippen molar-refractivity contribution in [3.05, 3.63) is 0 Å². The molecular formula is C9H18N2O2. The van der Waals surface area contributed by atoms with Crippen molar-refractivity contribution in [3.63, 3.8) is 0 Å². The topological polar surface area (TPSA) is 64.3 Å². The number of hydrogen-bond acceptors (Lipinski definition) is 3. The molecule has 2 atom stereocenters. The lowest BCUT2D eigenvalue weighted by molar-refractivity contribution is -0.130. The minimum Gasteiger partial charge on any atom is -0.368 e. The van der Waals surface area contributed by atoms with Crippen molar-refractivity contribution in [2.75, 3.05) is 19.7 Å². The lowest BCUT2D eigenvalue weighted by Crippen LogP contribution is -2.32. The van der Waals surface area contributed by atoms with Crippen molar-refractivity contribution in [1.29, 1.82) is 0 Å². The van der Waals surface area contributed by atoms with Crippen molar-refractivity contribution in [1.82, 2.24) is 5.32 Å². The zero-order valence-corrected chi connectivity index (χ0v) is 8.08. The molecule has 4 heteroatoms. The quantitative estimate of drug-likeness (QED) is 0.629. The SMILES string of the molecule is CCC(OCC1CCNC1)C(N)=O. The van der Waals surface area contributed by atoms with Crippen molar-refractivity contribution in [3.8, 4) is 0 Å². The van der Waals surface area contributed by atoms with Crippen LogP contribution >= 0.6 is 0 Å². The van der Waals surface area contributed by atoms with Crippen LogP contribution in [0.25, 0.3) is 0 Å². The molecule has 0 aromatic heterocycles. The summed E-state index contributed by atoms with van der Waals surface area (Å²) in [5.41, 5.74) is 5.15. The Labute approximate surface area is 78.8 Å². The molecule has 1 saturated heterocycles. The summed E-state index contributed by atoms with van der Waals surface area (Å²) in [6.07, 6.45) is 1.39. The monoisotopic (exact) mass is 186 g/mol. The highest BCUT2D eigenvalue weighted by molar-refractivity contribution is 5.78. The van der Waals surface area contributed by atoms with E-state index in [4.69, 9.17) is 10.5 Å². The summed E-state index contributed by atoms with van der Waals surface area (Å²) in [5, 5.41) is 3.25. The molecule has 0 aromatic carbocycles. The van der Waals surface area contributed by atoms with Gasteiger partial charge in [0.2, 0.25) is 5.91 Å². The molecule has 0 bridgehead atoms. The maximum Gasteiger partial charge on any atom is 0.246 e. The molecule has 1 aliphatic heterocycles. The number of nitrogens with one attached hydrogen (secondary N) is 1. The van der Waals surface area contributed by atoms with Crippen LogP contribution in [0.2, 0.25) is 0 Å². The highest BCUT2D eigenvalue weighted by atomic mass is 16.5. The van der Waals surface area contributed by atoms with Gasteiger partial charge in [-0.2, -0.15) is 0 Å². The van der Waals surface area contributed by atoms with E-state index in [-0.39, 0.29) is 5.91 Å². The zero-order chi connectivity index (χ0) is 9.68. The second-order valence-electron chi connectivity index (χ2n) is 3.49. The third kappa shape index (κ3) is 3.32. The standard InChI is InChI=1S/C9H18N2O2/c1-2-8(9(10)12)13-6-7-3-4-11-5-7/h7-8,11H,2-6H2,1H3,(H2,10,12). The lowest BCUT2D eigenvalue weighted by atomic mass is 10.1. The van der Waals surface area contributed by atoms with E-state index >= 15 is 0 Å². The second kappa shape index (κ2) is 5.19. The minimum atomic E-state index is -0.402. The first-order valence-electron chi connectivity index (χ1n) is 4.85. The first-order chi connectivity index (χ1) is 6.24. The van der Waals surface area contributed by atoms with Crippen LogP contribution in [0.4, 0.5) is 0 Å². The fraction of sp³-hybridized carbons (Fsp3) is 0.889. The van der Waals surface area contributed by atoms with Gasteiger partial charge in [-0.25, -0.2) is 0 Å². The molecule has 76 valence electrons. The third-order valence-corrected chi connectivity index (χ3v) is 2.38. The molecule has 0 aliphatic carbocycles. The van der Waals surface area contributed by atoms with E-state index < -0.39 is 6.10 Å². The Balaban J connectivity index is 2.18. The maximum absolute atomic E-state index is 10.8. The molecule has 1 amide bonds. The van der Waals surface area contributed by atoms with Crippen LogP contribution in [-0.4, -0.2) is 31.7 Å². The first kappa shape index (κ1) is 10.5. The van der Waals surface area contributed by atoms with Crippen LogP contribution < -0.4 is 11.1 Å². The van der Waals surface area contributed by atoms with Gasteiger partial charge in [-0.15, -0.1) is 0 Å². The van der Waals surface area contributed by atoms with Crippen molar-refractivity contribution >= 4 is 5.91 Å². The van der Waals surface area contributed by atoms with Crippen molar-refractivity contribution in [2.24, 2.45) is 11.7 Å². The van der Waals surface area contributed by atoms with E-state index in [2.05, 4.69) is 5.32 Å². The van der Waals surface area contributed by atoms with Crippen LogP contribution in [0, 0.1) is 5.92 Å². The van der Waals surface area contributed by atoms with E-state index in [1.54, 1.807) is 0 Å². The molecule has 0 saturated carbocycles. The molecule has 1 fully saturated rings. The van der Waals surface area contributed by atoms with Gasteiger partial charge in [0.05, 0.1) is 6.61 Å². The van der Waals surface area contributed by atoms with E-state index in [1.165, 1.54) is 0 Å². The molecule has 0 spiro atoms. The average molecular weight is 186 g/mol. The van der Waals surface area contributed by atoms with Crippen LogP contribution in [0.15, 0.2) is 0 Å². The zero-order valence-electron chi connectivity index (χ0n) is 8.08. The number of carbonyl (C=O) groups is 1. The number of amides is 1. The van der Waals surface area contributed by atoms with Crippen LogP contribution in [0.1, 0.15) is 19.8 Å². The molecule has 1 heterocycles. The Hall–Kier alpha value is -0.610. The predicted octanol–water partition coefficient (Wildman–Crippen LogP) is -0.124. The van der Waals surface area contributed by atoms with Gasteiger partial charge in [-0.1, -0.05) is 6.92 Å². The Morgan fingerprint density at radius 2 is 2.54 bits per heavy atom. The summed E-state index contributed by atoms with van der Waals surface area (Å²) in [4.78, 5) is 10.8. The Bertz CT molecular complexity index is 167. The average Bonchev–Trinajstić information content (AvgIpc) is 2.57. The molecule has 4 nitrogen and oxygen atoms in total. The second-order valence-corrected chi connectivity index (χ2v) is 3.49. The minimum absolute atomic E-state index is 0.353. The van der Waals surface area contributed by atoms with Gasteiger partial charge < -0.3 is 15.8 Å². The molecule has 1 rings (SSSR count). The summed E-state index contributed by atoms with van der Waals surface area (Å²) in [7, 11) is 0. The molecule has 13 heavy (non-hydrogen) atoms. The van der Waals surface area contributed by atoms with Gasteiger partial charge in [0.1, 0.15) is 6.10 Å². The van der Waals surface area contributed by atoms with Crippen molar-refractivity contribution in [2.45, 2.75) is 25.9 Å². The highest BCUT2D eigenvalue weighted by Crippen LogP contribution is 2.09. The Morgan fingerprint density at radius 3 is 3.00 bits per heavy atom. The number of ether oxygens (including phenoxy) is 1. The smallest absolute Gasteiger partial charge is 0.246 e. The molecule has 0 radical (unpaired) electrons. The number of hydrogen-bond donors (Lipinski definition) is 2. The summed E-state index contributed by atoms with van der Waals surface area (Å²) >= 11 is 0. The third-order valence-electron chi connectivity index (χ3n) is 2.38. The van der Waals surface area contributed by atoms with E-state index in [9.17, 15) is 4.79 Å². The van der Waals surface area contributed by atoms with E-state index in [0.717, 1.165) is 19.5 Å². The van der Waals surface area contributed by atoms with Gasteiger partial charge >= 0.3 is 0 Å². The van der Waals surface area contributed by atoms with Gasteiger partial charge in [-0.3, -0.25) is 4.79 Å². The number of rotatable bonds is 5. The van der Waals surface area contributed by atoms with Gasteiger partial charge in [0.15, 0.2) is 0 Å². The Morgan fingerprint density at radius 1 is 1.77 bits per heavy atom. The van der Waals surface area contributed by atoms with Crippen LogP contribution in [0.3, 0.4) is 0 Å². The van der Waals surface area contributed by atoms with Crippen LogP contribution in [0.5, 0.6) is 0 Å². The lowest BCUT2D eigenvalue weighted by Gasteiger charge is -2.15. The highest BCUT2D eigenvalue weighted by Gasteiger charge is 2.18. The van der Waals surface area contributed by atoms with Gasteiger partial charge in [-0.05, 0) is 25.3 Å². The number of primary amides is 1. The summed E-state index contributed by atoms with van der Waals surface area (Å²) in [6, 6.07) is 0. The molecular weight excluding hydrogens is 168 g/mol. The molecule has 1 aliphatic rings. The summed E-state index contributed by atoms with van der Waals surface area (Å²) < 4.78 is 5.42. The largest absolute Gasteiger partial charge is 0.368 e. The maximum atomic E-state index is 10.8. The summed E-state index contributed by atoms with van der Waals surface area (Å²) in [6.45, 7) is 4.60. The van der Waals surface area contributed by atoms with Crippen molar-refractivity contribution < 1.29 is 9.53 Å². The Kier molecular flexibility index (Phi) is 4.18. The van der Waals surface area contributed by atoms with E-state index in [1.807, 2.05) is 6.92 Å². The van der Waals surface area contributed by atoms with Gasteiger partial charge in [0, 0.05) is 6.54 Å². The number of carbonyl (C=O) groups excluding carboxylic acids is 1. The molecule has 3 N–H and O–H groups in total. The first-order valence-corrected chi connectivity index (χ1v) is 4.85. The predicted molar refractivity (Wildman–Crippen MR) is 50.2 cm³/mol. The fourth-order valence-electron chi connectivity index (χ4n) is 1.51. The van der Waals surface area contributed by atoms with Gasteiger partial charge in [0.25, 0.3) is 0 Å². The van der Waals surface area contributed by atoms with E-state index in [0.29, 0.717) is 18.9 Å².